The van der Waals surface area contributed by atoms with Crippen molar-refractivity contribution in [2.75, 3.05) is 24.7 Å². The first-order valence-electron chi connectivity index (χ1n) is 5.48. The Kier molecular flexibility index (Phi) is 4.95. The Morgan fingerprint density at radius 2 is 2.00 bits per heavy atom. The lowest BCUT2D eigenvalue weighted by atomic mass is 10.2. The maximum Gasteiger partial charge on any atom is 0.208 e. The molecule has 1 aromatic carbocycles. The number of halogens is 1. The molecule has 0 unspecified atom stereocenters. The fraction of sp³-hybridized carbons (Fsp3) is 0.250. The van der Waals surface area contributed by atoms with E-state index < -0.39 is 0 Å². The van der Waals surface area contributed by atoms with E-state index in [0.717, 1.165) is 13.9 Å². The molecule has 100 valence electrons. The predicted molar refractivity (Wildman–Crippen MR) is 83.4 cm³/mol. The van der Waals surface area contributed by atoms with Crippen LogP contribution in [0.5, 0.6) is 0 Å². The van der Waals surface area contributed by atoms with Crippen LogP contribution in [0.15, 0.2) is 33.1 Å². The predicted octanol–water partition coefficient (Wildman–Crippen LogP) is 3.34. The first-order chi connectivity index (χ1) is 9.06. The average Bonchev–Trinajstić information content (AvgIpc) is 2.86. The summed E-state index contributed by atoms with van der Waals surface area (Å²) < 4.78 is 1.78. The number of carbonyl (C=O) groups is 1. The van der Waals surface area contributed by atoms with Gasteiger partial charge in [-0.15, -0.1) is 10.2 Å². The normalized spacial score (nSPS) is 10.5. The van der Waals surface area contributed by atoms with Crippen molar-refractivity contribution in [2.24, 2.45) is 0 Å². The molecule has 19 heavy (non-hydrogen) atoms. The molecule has 4 nitrogen and oxygen atoms in total. The van der Waals surface area contributed by atoms with Crippen LogP contribution in [0.2, 0.25) is 0 Å². The molecule has 0 aliphatic carbocycles. The molecule has 0 saturated heterocycles. The second-order valence-electron chi connectivity index (χ2n) is 3.96. The third-order valence-electron chi connectivity index (χ3n) is 2.27. The number of aromatic nitrogens is 2. The van der Waals surface area contributed by atoms with E-state index in [2.05, 4.69) is 26.1 Å². The summed E-state index contributed by atoms with van der Waals surface area (Å²) in [5, 5.41) is 8.93. The van der Waals surface area contributed by atoms with Gasteiger partial charge >= 0.3 is 0 Å². The largest absolute Gasteiger partial charge is 0.353 e. The highest BCUT2D eigenvalue weighted by atomic mass is 79.9. The molecular formula is C12H12BrN3OS2. The number of thioether (sulfide) groups is 1. The van der Waals surface area contributed by atoms with Crippen LogP contribution >= 0.6 is 39.0 Å². The summed E-state index contributed by atoms with van der Waals surface area (Å²) in [6, 6.07) is 7.37. The molecule has 1 heterocycles. The molecule has 0 atom stereocenters. The van der Waals surface area contributed by atoms with Crippen LogP contribution in [0.4, 0.5) is 5.13 Å². The first-order valence-corrected chi connectivity index (χ1v) is 8.08. The maximum absolute atomic E-state index is 12.0. The standard InChI is InChI=1S/C12H12BrN3OS2/c1-16(2)11-14-15-12(19-11)18-7-10(17)8-3-5-9(13)6-4-8/h3-6H,7H2,1-2H3. The fourth-order valence-electron chi connectivity index (χ4n) is 1.29. The minimum absolute atomic E-state index is 0.0964. The van der Waals surface area contributed by atoms with Crippen LogP contribution in [0.3, 0.4) is 0 Å². The number of benzene rings is 1. The molecule has 2 aromatic rings. The highest BCUT2D eigenvalue weighted by molar-refractivity contribution is 9.10. The summed E-state index contributed by atoms with van der Waals surface area (Å²) in [5.41, 5.74) is 0.716. The van der Waals surface area contributed by atoms with E-state index in [1.165, 1.54) is 23.1 Å². The smallest absolute Gasteiger partial charge is 0.208 e. The van der Waals surface area contributed by atoms with Crippen molar-refractivity contribution in [1.82, 2.24) is 10.2 Å². The van der Waals surface area contributed by atoms with Crippen molar-refractivity contribution in [1.29, 1.82) is 0 Å². The molecule has 0 N–H and O–H groups in total. The van der Waals surface area contributed by atoms with Crippen molar-refractivity contribution >= 4 is 49.9 Å². The molecule has 0 bridgehead atoms. The Hall–Kier alpha value is -0.920. The van der Waals surface area contributed by atoms with Gasteiger partial charge in [-0.1, -0.05) is 51.2 Å². The van der Waals surface area contributed by atoms with Crippen molar-refractivity contribution in [3.63, 3.8) is 0 Å². The molecule has 1 aromatic heterocycles. The van der Waals surface area contributed by atoms with Gasteiger partial charge < -0.3 is 4.90 Å². The van der Waals surface area contributed by atoms with E-state index in [4.69, 9.17) is 0 Å². The van der Waals surface area contributed by atoms with Crippen LogP contribution in [-0.4, -0.2) is 35.8 Å². The molecule has 0 radical (unpaired) electrons. The van der Waals surface area contributed by atoms with Gasteiger partial charge in [0.1, 0.15) is 0 Å². The van der Waals surface area contributed by atoms with Gasteiger partial charge in [-0.05, 0) is 12.1 Å². The van der Waals surface area contributed by atoms with Crippen molar-refractivity contribution in [2.45, 2.75) is 4.34 Å². The average molecular weight is 358 g/mol. The van der Waals surface area contributed by atoms with Gasteiger partial charge in [0.05, 0.1) is 5.75 Å². The SMILES string of the molecule is CN(C)c1nnc(SCC(=O)c2ccc(Br)cc2)s1. The first kappa shape index (κ1) is 14.5. The summed E-state index contributed by atoms with van der Waals surface area (Å²) in [5.74, 6) is 0.475. The Balaban J connectivity index is 1.94. The molecule has 2 rings (SSSR count). The van der Waals surface area contributed by atoms with E-state index in [9.17, 15) is 4.79 Å². The van der Waals surface area contributed by atoms with Crippen LogP contribution in [0.1, 0.15) is 10.4 Å². The molecule has 0 saturated carbocycles. The molecule has 7 heteroatoms. The summed E-state index contributed by atoms with van der Waals surface area (Å²) in [4.78, 5) is 13.9. The summed E-state index contributed by atoms with van der Waals surface area (Å²) in [7, 11) is 3.84. The number of rotatable bonds is 5. The second kappa shape index (κ2) is 6.49. The Morgan fingerprint density at radius 3 is 2.58 bits per heavy atom. The quantitative estimate of drug-likeness (QED) is 0.606. The van der Waals surface area contributed by atoms with Gasteiger partial charge in [0.25, 0.3) is 0 Å². The van der Waals surface area contributed by atoms with Gasteiger partial charge in [-0.3, -0.25) is 4.79 Å². The van der Waals surface area contributed by atoms with Crippen LogP contribution in [-0.2, 0) is 0 Å². The Bertz CT molecular complexity index is 569. The highest BCUT2D eigenvalue weighted by Gasteiger charge is 2.10. The number of anilines is 1. The molecule has 0 amide bonds. The number of hydrogen-bond acceptors (Lipinski definition) is 6. The number of carbonyl (C=O) groups excluding carboxylic acids is 1. The molecule has 0 spiro atoms. The summed E-state index contributed by atoms with van der Waals surface area (Å²) in [6.07, 6.45) is 0. The number of ketones is 1. The van der Waals surface area contributed by atoms with E-state index in [-0.39, 0.29) is 5.78 Å². The Morgan fingerprint density at radius 1 is 1.32 bits per heavy atom. The topological polar surface area (TPSA) is 46.1 Å². The number of nitrogens with zero attached hydrogens (tertiary/aromatic N) is 3. The third-order valence-corrected chi connectivity index (χ3v) is 5.02. The van der Waals surface area contributed by atoms with E-state index >= 15 is 0 Å². The lowest BCUT2D eigenvalue weighted by Gasteiger charge is -2.03. The number of Topliss-reactive ketones (excluding diaryl/α,β-unsaturated/α-hetero) is 1. The zero-order chi connectivity index (χ0) is 13.8. The van der Waals surface area contributed by atoms with Crippen molar-refractivity contribution < 1.29 is 4.79 Å². The summed E-state index contributed by atoms with van der Waals surface area (Å²) in [6.45, 7) is 0. The van der Waals surface area contributed by atoms with Gasteiger partial charge in [-0.25, -0.2) is 0 Å². The van der Waals surface area contributed by atoms with Crippen molar-refractivity contribution in [3.8, 4) is 0 Å². The van der Waals surface area contributed by atoms with Crippen LogP contribution in [0, 0.1) is 0 Å². The molecular weight excluding hydrogens is 346 g/mol. The third kappa shape index (κ3) is 4.02. The van der Waals surface area contributed by atoms with Crippen LogP contribution < -0.4 is 4.90 Å². The Labute approximate surface area is 128 Å². The maximum atomic E-state index is 12.0. The number of hydrogen-bond donors (Lipinski definition) is 0. The lowest BCUT2D eigenvalue weighted by molar-refractivity contribution is 0.102. The molecule has 0 aliphatic heterocycles. The minimum Gasteiger partial charge on any atom is -0.353 e. The highest BCUT2D eigenvalue weighted by Crippen LogP contribution is 2.27. The minimum atomic E-state index is 0.0964. The lowest BCUT2D eigenvalue weighted by Crippen LogP contribution is -2.07. The van der Waals surface area contributed by atoms with E-state index in [1.54, 1.807) is 0 Å². The van der Waals surface area contributed by atoms with Gasteiger partial charge in [0.2, 0.25) is 5.13 Å². The van der Waals surface area contributed by atoms with Crippen LogP contribution in [0.25, 0.3) is 0 Å². The van der Waals surface area contributed by atoms with Gasteiger partial charge in [-0.2, -0.15) is 0 Å². The fourth-order valence-corrected chi connectivity index (χ4v) is 3.21. The van der Waals surface area contributed by atoms with Crippen molar-refractivity contribution in [3.05, 3.63) is 34.3 Å². The molecule has 0 fully saturated rings. The second-order valence-corrected chi connectivity index (χ2v) is 7.06. The van der Waals surface area contributed by atoms with E-state index in [1.807, 2.05) is 43.3 Å². The zero-order valence-corrected chi connectivity index (χ0v) is 13.7. The van der Waals surface area contributed by atoms with E-state index in [0.29, 0.717) is 11.3 Å². The monoisotopic (exact) mass is 357 g/mol. The molecule has 0 aliphatic rings. The zero-order valence-electron chi connectivity index (χ0n) is 10.5. The van der Waals surface area contributed by atoms with Gasteiger partial charge in [0.15, 0.2) is 10.1 Å². The van der Waals surface area contributed by atoms with Gasteiger partial charge in [0, 0.05) is 24.1 Å². The summed E-state index contributed by atoms with van der Waals surface area (Å²) >= 11 is 6.26.